The van der Waals surface area contributed by atoms with Crippen LogP contribution in [0.4, 0.5) is 8.78 Å². The standard InChI is InChI=1S/C29H40F2N2O4/c1-19(35)33-25(13-20-11-23(30)15-24(31)12-20)26(36)16-32-29(10-6-9-28(37,17-29)18-34)22-8-5-7-21(14-22)27(2,3)4/h5,7-8,11-12,14-15,25-26,32,34,36-37H,6,9-10,13,16-18H2,1-4H3,(H,33,35)/t25-,26+,28?,29?/m0/s1. The summed E-state index contributed by atoms with van der Waals surface area (Å²) in [6, 6.07) is 10.4. The molecule has 4 atom stereocenters. The Bertz CT molecular complexity index is 1070. The zero-order valence-corrected chi connectivity index (χ0v) is 22.2. The molecule has 0 saturated heterocycles. The highest BCUT2D eigenvalue weighted by Crippen LogP contribution is 2.43. The number of amides is 1. The second kappa shape index (κ2) is 11.6. The van der Waals surface area contributed by atoms with Gasteiger partial charge in [0, 0.05) is 31.5 Å². The Morgan fingerprint density at radius 1 is 1.11 bits per heavy atom. The summed E-state index contributed by atoms with van der Waals surface area (Å²) < 4.78 is 27.5. The fourth-order valence-electron chi connectivity index (χ4n) is 5.34. The summed E-state index contributed by atoms with van der Waals surface area (Å²) in [6.45, 7) is 7.35. The lowest BCUT2D eigenvalue weighted by Crippen LogP contribution is -2.57. The second-order valence-corrected chi connectivity index (χ2v) is 11.6. The Morgan fingerprint density at radius 3 is 2.38 bits per heavy atom. The molecule has 0 aliphatic heterocycles. The van der Waals surface area contributed by atoms with Crippen LogP contribution in [0.25, 0.3) is 0 Å². The maximum absolute atomic E-state index is 13.7. The predicted molar refractivity (Wildman–Crippen MR) is 139 cm³/mol. The Balaban J connectivity index is 1.89. The van der Waals surface area contributed by atoms with E-state index in [-0.39, 0.29) is 37.3 Å². The molecule has 2 aromatic rings. The molecular weight excluding hydrogens is 478 g/mol. The first-order chi connectivity index (χ1) is 17.2. The smallest absolute Gasteiger partial charge is 0.217 e. The van der Waals surface area contributed by atoms with E-state index < -0.39 is 34.9 Å². The number of benzene rings is 2. The fraction of sp³-hybridized carbons (Fsp3) is 0.552. The molecule has 0 heterocycles. The molecule has 3 rings (SSSR count). The van der Waals surface area contributed by atoms with Gasteiger partial charge in [-0.3, -0.25) is 4.79 Å². The van der Waals surface area contributed by atoms with Crippen LogP contribution < -0.4 is 10.6 Å². The average molecular weight is 519 g/mol. The van der Waals surface area contributed by atoms with Gasteiger partial charge < -0.3 is 26.0 Å². The van der Waals surface area contributed by atoms with Gasteiger partial charge in [-0.1, -0.05) is 45.0 Å². The number of aliphatic hydroxyl groups excluding tert-OH is 2. The summed E-state index contributed by atoms with van der Waals surface area (Å²) in [6.07, 6.45) is 0.990. The molecule has 37 heavy (non-hydrogen) atoms. The lowest BCUT2D eigenvalue weighted by Gasteiger charge is -2.46. The maximum Gasteiger partial charge on any atom is 0.217 e. The van der Waals surface area contributed by atoms with Crippen molar-refractivity contribution in [1.29, 1.82) is 0 Å². The van der Waals surface area contributed by atoms with Gasteiger partial charge in [-0.2, -0.15) is 0 Å². The van der Waals surface area contributed by atoms with Gasteiger partial charge in [0.05, 0.1) is 24.4 Å². The van der Waals surface area contributed by atoms with Gasteiger partial charge in [0.2, 0.25) is 5.91 Å². The molecule has 0 aromatic heterocycles. The van der Waals surface area contributed by atoms with Crippen LogP contribution >= 0.6 is 0 Å². The summed E-state index contributed by atoms with van der Waals surface area (Å²) in [5, 5.41) is 38.3. The van der Waals surface area contributed by atoms with Crippen molar-refractivity contribution in [3.63, 3.8) is 0 Å². The van der Waals surface area contributed by atoms with Gasteiger partial charge in [0.1, 0.15) is 11.6 Å². The molecular formula is C29H40F2N2O4. The summed E-state index contributed by atoms with van der Waals surface area (Å²) >= 11 is 0. The maximum atomic E-state index is 13.7. The highest BCUT2D eigenvalue weighted by Gasteiger charge is 2.45. The number of rotatable bonds is 9. The van der Waals surface area contributed by atoms with Crippen LogP contribution in [0.15, 0.2) is 42.5 Å². The third kappa shape index (κ3) is 7.57. The van der Waals surface area contributed by atoms with E-state index in [2.05, 4.69) is 43.5 Å². The average Bonchev–Trinajstić information content (AvgIpc) is 2.81. The van der Waals surface area contributed by atoms with E-state index in [9.17, 15) is 28.9 Å². The molecule has 1 aliphatic carbocycles. The van der Waals surface area contributed by atoms with Crippen LogP contribution in [0.3, 0.4) is 0 Å². The van der Waals surface area contributed by atoms with Gasteiger partial charge in [0.15, 0.2) is 0 Å². The van der Waals surface area contributed by atoms with Crippen molar-refractivity contribution in [2.45, 2.75) is 88.5 Å². The quantitative estimate of drug-likeness (QED) is 0.350. The minimum Gasteiger partial charge on any atom is -0.393 e. The lowest BCUT2D eigenvalue weighted by atomic mass is 9.69. The molecule has 0 radical (unpaired) electrons. The van der Waals surface area contributed by atoms with Gasteiger partial charge in [0.25, 0.3) is 0 Å². The zero-order valence-electron chi connectivity index (χ0n) is 22.2. The third-order valence-corrected chi connectivity index (χ3v) is 7.33. The number of carbonyl (C=O) groups excluding carboxylic acids is 1. The van der Waals surface area contributed by atoms with Crippen molar-refractivity contribution in [3.8, 4) is 0 Å². The van der Waals surface area contributed by atoms with Gasteiger partial charge >= 0.3 is 0 Å². The van der Waals surface area contributed by atoms with E-state index >= 15 is 0 Å². The van der Waals surface area contributed by atoms with Crippen LogP contribution in [-0.4, -0.2) is 52.1 Å². The van der Waals surface area contributed by atoms with E-state index in [4.69, 9.17) is 0 Å². The van der Waals surface area contributed by atoms with Crippen molar-refractivity contribution in [2.75, 3.05) is 13.2 Å². The number of carbonyl (C=O) groups is 1. The first kappa shape index (κ1) is 29.2. The second-order valence-electron chi connectivity index (χ2n) is 11.6. The van der Waals surface area contributed by atoms with Gasteiger partial charge in [-0.05, 0) is 59.9 Å². The van der Waals surface area contributed by atoms with Crippen molar-refractivity contribution in [2.24, 2.45) is 0 Å². The monoisotopic (exact) mass is 518 g/mol. The molecule has 0 spiro atoms. The minimum atomic E-state index is -1.27. The van der Waals surface area contributed by atoms with Crippen molar-refractivity contribution >= 4 is 5.91 Å². The Morgan fingerprint density at radius 2 is 1.78 bits per heavy atom. The number of halogens is 2. The largest absolute Gasteiger partial charge is 0.393 e. The van der Waals surface area contributed by atoms with Crippen molar-refractivity contribution < 1.29 is 28.9 Å². The molecule has 2 aromatic carbocycles. The molecule has 0 bridgehead atoms. The molecule has 2 unspecified atom stereocenters. The van der Waals surface area contributed by atoms with Crippen LogP contribution in [0.5, 0.6) is 0 Å². The summed E-state index contributed by atoms with van der Waals surface area (Å²) in [7, 11) is 0. The SMILES string of the molecule is CC(=O)N[C@@H](Cc1cc(F)cc(F)c1)[C@H](O)CNC1(c2cccc(C(C)(C)C)c2)CCCC(O)(CO)C1. The van der Waals surface area contributed by atoms with Crippen LogP contribution in [0.2, 0.25) is 0 Å². The Kier molecular flexibility index (Phi) is 9.11. The molecule has 1 amide bonds. The molecule has 6 nitrogen and oxygen atoms in total. The van der Waals surface area contributed by atoms with Crippen LogP contribution in [0, 0.1) is 11.6 Å². The van der Waals surface area contributed by atoms with Crippen LogP contribution in [-0.2, 0) is 22.2 Å². The zero-order chi connectivity index (χ0) is 27.4. The number of hydrogen-bond donors (Lipinski definition) is 5. The van der Waals surface area contributed by atoms with E-state index in [1.165, 1.54) is 19.1 Å². The van der Waals surface area contributed by atoms with E-state index in [1.807, 2.05) is 12.1 Å². The summed E-state index contributed by atoms with van der Waals surface area (Å²) in [4.78, 5) is 11.9. The molecule has 204 valence electrons. The third-order valence-electron chi connectivity index (χ3n) is 7.33. The van der Waals surface area contributed by atoms with Crippen LogP contribution in [0.1, 0.15) is 70.1 Å². The van der Waals surface area contributed by atoms with E-state index in [1.54, 1.807) is 0 Å². The molecule has 5 N–H and O–H groups in total. The first-order valence-corrected chi connectivity index (χ1v) is 12.8. The predicted octanol–water partition coefficient (Wildman–Crippen LogP) is 3.45. The van der Waals surface area contributed by atoms with Gasteiger partial charge in [-0.25, -0.2) is 8.78 Å². The number of aliphatic hydroxyl groups is 3. The van der Waals surface area contributed by atoms with E-state index in [0.717, 1.165) is 17.2 Å². The van der Waals surface area contributed by atoms with Crippen molar-refractivity contribution in [3.05, 3.63) is 70.8 Å². The highest BCUT2D eigenvalue weighted by atomic mass is 19.1. The van der Waals surface area contributed by atoms with Gasteiger partial charge in [-0.15, -0.1) is 0 Å². The topological polar surface area (TPSA) is 102 Å². The number of nitrogens with one attached hydrogen (secondary N) is 2. The molecule has 1 aliphatic rings. The molecule has 8 heteroatoms. The summed E-state index contributed by atoms with van der Waals surface area (Å²) in [5.41, 5.74) is 0.273. The van der Waals surface area contributed by atoms with Crippen molar-refractivity contribution in [1.82, 2.24) is 10.6 Å². The Labute approximate surface area is 218 Å². The minimum absolute atomic E-state index is 0.0319. The normalized spacial score (nSPS) is 23.9. The number of hydrogen-bond acceptors (Lipinski definition) is 5. The summed E-state index contributed by atoms with van der Waals surface area (Å²) in [5.74, 6) is -1.83. The first-order valence-electron chi connectivity index (χ1n) is 12.8. The molecule has 1 fully saturated rings. The highest BCUT2D eigenvalue weighted by molar-refractivity contribution is 5.73. The van der Waals surface area contributed by atoms with E-state index in [0.29, 0.717) is 24.8 Å². The Hall–Kier alpha value is -2.39. The fourth-order valence-corrected chi connectivity index (χ4v) is 5.34. The molecule has 1 saturated carbocycles. The lowest BCUT2D eigenvalue weighted by molar-refractivity contribution is -0.120.